The molecule has 3 rings (SSSR count). The minimum Gasteiger partial charge on any atom is -0.465 e. The number of methoxy groups -OCH3 is 1. The fourth-order valence-electron chi connectivity index (χ4n) is 2.68. The van der Waals surface area contributed by atoms with Crippen molar-refractivity contribution >= 4 is 11.7 Å². The Labute approximate surface area is 157 Å². The molecule has 1 heterocycles. The van der Waals surface area contributed by atoms with Crippen molar-refractivity contribution in [3.63, 3.8) is 0 Å². The van der Waals surface area contributed by atoms with Gasteiger partial charge in [0.05, 0.1) is 24.9 Å². The highest BCUT2D eigenvalue weighted by Crippen LogP contribution is 2.32. The van der Waals surface area contributed by atoms with Gasteiger partial charge in [0, 0.05) is 6.07 Å². The number of nitrogen functional groups attached to an aromatic ring is 1. The minimum atomic E-state index is -0.421. The molecule has 0 spiro atoms. The van der Waals surface area contributed by atoms with Crippen LogP contribution in [0.1, 0.15) is 27.2 Å². The van der Waals surface area contributed by atoms with Gasteiger partial charge in [-0.3, -0.25) is 4.57 Å². The van der Waals surface area contributed by atoms with E-state index in [-0.39, 0.29) is 0 Å². The van der Waals surface area contributed by atoms with E-state index in [4.69, 9.17) is 10.5 Å². The third kappa shape index (κ3) is 3.93. The third-order valence-electron chi connectivity index (χ3n) is 4.14. The van der Waals surface area contributed by atoms with Gasteiger partial charge in [0.1, 0.15) is 17.5 Å². The molecule has 27 heavy (non-hydrogen) atoms. The lowest BCUT2D eigenvalue weighted by molar-refractivity contribution is 0.0600. The van der Waals surface area contributed by atoms with Gasteiger partial charge in [0.2, 0.25) is 5.88 Å². The van der Waals surface area contributed by atoms with E-state index in [1.807, 2.05) is 31.2 Å². The second-order valence-electron chi connectivity index (χ2n) is 6.09. The Kier molecular flexibility index (Phi) is 5.13. The summed E-state index contributed by atoms with van der Waals surface area (Å²) in [4.78, 5) is 11.5. The van der Waals surface area contributed by atoms with Crippen molar-refractivity contribution in [3.8, 4) is 17.7 Å². The lowest BCUT2D eigenvalue weighted by atomic mass is 10.1. The molecular formula is C21H19N3O3. The van der Waals surface area contributed by atoms with E-state index in [0.717, 1.165) is 11.1 Å². The molecule has 0 saturated heterocycles. The van der Waals surface area contributed by atoms with E-state index in [2.05, 4.69) is 10.8 Å². The normalized spacial score (nSPS) is 10.3. The summed E-state index contributed by atoms with van der Waals surface area (Å²) in [6, 6.07) is 18.3. The zero-order valence-electron chi connectivity index (χ0n) is 15.1. The Morgan fingerprint density at radius 3 is 2.41 bits per heavy atom. The lowest BCUT2D eigenvalue weighted by Gasteiger charge is -2.13. The number of nitrogens with zero attached hydrogens (tertiary/aromatic N) is 2. The van der Waals surface area contributed by atoms with E-state index in [9.17, 15) is 10.1 Å². The Hall–Kier alpha value is -3.72. The first-order valence-corrected chi connectivity index (χ1v) is 8.32. The molecule has 0 amide bonds. The van der Waals surface area contributed by atoms with Crippen molar-refractivity contribution in [1.29, 1.82) is 5.26 Å². The number of nitrogens with two attached hydrogens (primary N) is 1. The van der Waals surface area contributed by atoms with Crippen LogP contribution in [0.25, 0.3) is 0 Å². The lowest BCUT2D eigenvalue weighted by Crippen LogP contribution is -2.05. The number of benzene rings is 2. The molecule has 0 aliphatic carbocycles. The standard InChI is InChI=1S/C21H19N3O3/c1-14-3-5-15(6-4-14)13-24-17(12-22)11-19(23)20(24)27-18-9-7-16(8-10-18)21(25)26-2/h3-11H,13,23H2,1-2H3. The van der Waals surface area contributed by atoms with Crippen LogP contribution in [0, 0.1) is 18.3 Å². The molecule has 2 N–H and O–H groups in total. The van der Waals surface area contributed by atoms with E-state index >= 15 is 0 Å². The molecule has 6 heteroatoms. The summed E-state index contributed by atoms with van der Waals surface area (Å²) in [6.07, 6.45) is 0. The number of hydrogen-bond donors (Lipinski definition) is 1. The SMILES string of the molecule is COC(=O)c1ccc(Oc2c(N)cc(C#N)n2Cc2ccc(C)cc2)cc1. The van der Waals surface area contributed by atoms with Crippen molar-refractivity contribution in [1.82, 2.24) is 4.57 Å². The molecule has 2 aromatic carbocycles. The number of carbonyl (C=O) groups excluding carboxylic acids is 1. The van der Waals surface area contributed by atoms with Gasteiger partial charge in [-0.15, -0.1) is 0 Å². The highest BCUT2D eigenvalue weighted by Gasteiger charge is 2.16. The largest absolute Gasteiger partial charge is 0.465 e. The fraction of sp³-hybridized carbons (Fsp3) is 0.143. The van der Waals surface area contributed by atoms with Crippen LogP contribution in [0.5, 0.6) is 11.6 Å². The van der Waals surface area contributed by atoms with Crippen LogP contribution in [-0.2, 0) is 11.3 Å². The zero-order valence-corrected chi connectivity index (χ0v) is 15.1. The average molecular weight is 361 g/mol. The molecule has 136 valence electrons. The van der Waals surface area contributed by atoms with Crippen LogP contribution in [0.3, 0.4) is 0 Å². The van der Waals surface area contributed by atoms with E-state index in [1.54, 1.807) is 34.9 Å². The molecule has 0 radical (unpaired) electrons. The van der Waals surface area contributed by atoms with Crippen molar-refractivity contribution < 1.29 is 14.3 Å². The van der Waals surface area contributed by atoms with Crippen LogP contribution < -0.4 is 10.5 Å². The Morgan fingerprint density at radius 1 is 1.15 bits per heavy atom. The number of ether oxygens (including phenoxy) is 2. The highest BCUT2D eigenvalue weighted by atomic mass is 16.5. The number of carbonyl (C=O) groups is 1. The maximum absolute atomic E-state index is 11.5. The van der Waals surface area contributed by atoms with E-state index in [1.165, 1.54) is 7.11 Å². The van der Waals surface area contributed by atoms with Crippen molar-refractivity contribution in [2.75, 3.05) is 12.8 Å². The van der Waals surface area contributed by atoms with Crippen molar-refractivity contribution in [2.45, 2.75) is 13.5 Å². The quantitative estimate of drug-likeness (QED) is 0.697. The Bertz CT molecular complexity index is 997. The molecule has 0 aliphatic heterocycles. The number of esters is 1. The number of aromatic nitrogens is 1. The highest BCUT2D eigenvalue weighted by molar-refractivity contribution is 5.89. The van der Waals surface area contributed by atoms with Gasteiger partial charge >= 0.3 is 5.97 Å². The van der Waals surface area contributed by atoms with E-state index < -0.39 is 5.97 Å². The third-order valence-corrected chi connectivity index (χ3v) is 4.14. The first kappa shape index (κ1) is 18.1. The Balaban J connectivity index is 1.91. The first-order valence-electron chi connectivity index (χ1n) is 8.32. The molecule has 0 saturated carbocycles. The molecule has 0 aliphatic rings. The van der Waals surface area contributed by atoms with Crippen LogP contribution in [0.2, 0.25) is 0 Å². The zero-order chi connectivity index (χ0) is 19.4. The average Bonchev–Trinajstić information content (AvgIpc) is 2.98. The van der Waals surface area contributed by atoms with Gasteiger partial charge in [-0.1, -0.05) is 29.8 Å². The predicted molar refractivity (Wildman–Crippen MR) is 102 cm³/mol. The fourth-order valence-corrected chi connectivity index (χ4v) is 2.68. The molecule has 3 aromatic rings. The molecule has 0 unspecified atom stereocenters. The van der Waals surface area contributed by atoms with Gasteiger partial charge in [0.25, 0.3) is 0 Å². The first-order chi connectivity index (χ1) is 13.0. The number of aryl methyl sites for hydroxylation is 1. The number of anilines is 1. The Morgan fingerprint density at radius 2 is 1.81 bits per heavy atom. The monoisotopic (exact) mass is 361 g/mol. The topological polar surface area (TPSA) is 90.3 Å². The van der Waals surface area contributed by atoms with E-state index in [0.29, 0.717) is 35.1 Å². The molecule has 0 bridgehead atoms. The van der Waals surface area contributed by atoms with Crippen LogP contribution in [0.4, 0.5) is 5.69 Å². The molecule has 1 aromatic heterocycles. The van der Waals surface area contributed by atoms with Gasteiger partial charge < -0.3 is 15.2 Å². The van der Waals surface area contributed by atoms with Gasteiger partial charge in [-0.2, -0.15) is 5.26 Å². The summed E-state index contributed by atoms with van der Waals surface area (Å²) in [5, 5.41) is 9.44. The van der Waals surface area contributed by atoms with Gasteiger partial charge in [-0.25, -0.2) is 4.79 Å². The maximum Gasteiger partial charge on any atom is 0.337 e. The summed E-state index contributed by atoms with van der Waals surface area (Å²) in [5.41, 5.74) is 9.46. The minimum absolute atomic E-state index is 0.371. The predicted octanol–water partition coefficient (Wildman–Crippen LogP) is 3.88. The maximum atomic E-state index is 11.5. The van der Waals surface area contributed by atoms with Gasteiger partial charge in [0.15, 0.2) is 0 Å². The summed E-state index contributed by atoms with van der Waals surface area (Å²) >= 11 is 0. The van der Waals surface area contributed by atoms with Crippen molar-refractivity contribution in [3.05, 3.63) is 77.0 Å². The molecule has 0 fully saturated rings. The summed E-state index contributed by atoms with van der Waals surface area (Å²) in [5.74, 6) is 0.468. The molecule has 0 atom stereocenters. The smallest absolute Gasteiger partial charge is 0.337 e. The molecular weight excluding hydrogens is 342 g/mol. The summed E-state index contributed by atoms with van der Waals surface area (Å²) in [7, 11) is 1.33. The van der Waals surface area contributed by atoms with Crippen molar-refractivity contribution in [2.24, 2.45) is 0 Å². The summed E-state index contributed by atoms with van der Waals surface area (Å²) in [6.45, 7) is 2.47. The van der Waals surface area contributed by atoms with Crippen LogP contribution in [0.15, 0.2) is 54.6 Å². The second-order valence-corrected chi connectivity index (χ2v) is 6.09. The van der Waals surface area contributed by atoms with Crippen LogP contribution in [-0.4, -0.2) is 17.6 Å². The number of rotatable bonds is 5. The van der Waals surface area contributed by atoms with Gasteiger partial charge in [-0.05, 0) is 36.8 Å². The number of hydrogen-bond acceptors (Lipinski definition) is 5. The molecule has 6 nitrogen and oxygen atoms in total. The second kappa shape index (κ2) is 7.67. The van der Waals surface area contributed by atoms with Crippen LogP contribution >= 0.6 is 0 Å². The number of nitriles is 1. The summed E-state index contributed by atoms with van der Waals surface area (Å²) < 4.78 is 12.3.